The van der Waals surface area contributed by atoms with Crippen LogP contribution in [0.25, 0.3) is 0 Å². The van der Waals surface area contributed by atoms with Crippen molar-refractivity contribution in [2.75, 3.05) is 13.3 Å². The Morgan fingerprint density at radius 3 is 2.58 bits per heavy atom. The second-order valence-electron chi connectivity index (χ2n) is 3.77. The van der Waals surface area contributed by atoms with Crippen LogP contribution in [-0.2, 0) is 0 Å². The molecule has 0 amide bonds. The lowest BCUT2D eigenvalue weighted by atomic mass is 10.0. The van der Waals surface area contributed by atoms with Crippen LogP contribution in [0.4, 0.5) is 0 Å². The molecule has 0 radical (unpaired) electrons. The number of nitrogens with zero attached hydrogens (tertiary/aromatic N) is 1. The van der Waals surface area contributed by atoms with Crippen molar-refractivity contribution in [3.63, 3.8) is 0 Å². The number of hydrogen-bond acceptors (Lipinski definition) is 4. The monoisotopic (exact) mass is 170 g/mol. The van der Waals surface area contributed by atoms with Gasteiger partial charge >= 0.3 is 0 Å². The maximum absolute atomic E-state index is 3.60. The smallest absolute Gasteiger partial charge is 0.0641 e. The van der Waals surface area contributed by atoms with Gasteiger partial charge in [0.15, 0.2) is 0 Å². The third kappa shape index (κ3) is 1.77. The molecule has 4 nitrogen and oxygen atoms in total. The Labute approximate surface area is 73.7 Å². The predicted octanol–water partition coefficient (Wildman–Crippen LogP) is -0.201. The molecule has 2 rings (SSSR count). The van der Waals surface area contributed by atoms with E-state index in [0.29, 0.717) is 12.2 Å². The zero-order valence-corrected chi connectivity index (χ0v) is 7.64. The van der Waals surface area contributed by atoms with Gasteiger partial charge in [0.1, 0.15) is 0 Å². The van der Waals surface area contributed by atoms with Crippen LogP contribution in [0.2, 0.25) is 0 Å². The maximum atomic E-state index is 3.60. The molecule has 2 fully saturated rings. The highest BCUT2D eigenvalue weighted by Crippen LogP contribution is 2.15. The van der Waals surface area contributed by atoms with Crippen molar-refractivity contribution in [3.8, 4) is 0 Å². The molecule has 2 saturated heterocycles. The van der Waals surface area contributed by atoms with Crippen LogP contribution >= 0.6 is 0 Å². The largest absolute Gasteiger partial charge is 0.299 e. The van der Waals surface area contributed by atoms with Crippen molar-refractivity contribution in [2.45, 2.75) is 38.4 Å². The van der Waals surface area contributed by atoms with Gasteiger partial charge in [-0.05, 0) is 26.2 Å². The zero-order valence-electron chi connectivity index (χ0n) is 7.64. The first kappa shape index (κ1) is 8.44. The number of rotatable bonds is 1. The van der Waals surface area contributed by atoms with Gasteiger partial charge in [-0.1, -0.05) is 0 Å². The summed E-state index contributed by atoms with van der Waals surface area (Å²) in [4.78, 5) is 2.40. The van der Waals surface area contributed by atoms with Gasteiger partial charge in [0, 0.05) is 6.04 Å². The quantitative estimate of drug-likeness (QED) is 0.509. The molecular weight excluding hydrogens is 152 g/mol. The summed E-state index contributed by atoms with van der Waals surface area (Å²) in [6.45, 7) is 4.19. The fraction of sp³-hybridized carbons (Fsp3) is 1.00. The van der Waals surface area contributed by atoms with Crippen LogP contribution < -0.4 is 16.2 Å². The number of piperidine rings is 1. The van der Waals surface area contributed by atoms with Gasteiger partial charge in [-0.2, -0.15) is 0 Å². The van der Waals surface area contributed by atoms with Crippen LogP contribution in [0, 0.1) is 0 Å². The standard InChI is InChI=1S/C8H18N4/c1-7-3-2-4-8(11-7)12-5-9-10-6-12/h7-11H,2-6H2,1H3. The summed E-state index contributed by atoms with van der Waals surface area (Å²) in [6, 6.07) is 0.685. The Morgan fingerprint density at radius 2 is 1.92 bits per heavy atom. The van der Waals surface area contributed by atoms with Gasteiger partial charge in [0.05, 0.1) is 19.5 Å². The number of hydrazine groups is 1. The van der Waals surface area contributed by atoms with E-state index in [1.807, 2.05) is 0 Å². The fourth-order valence-corrected chi connectivity index (χ4v) is 1.99. The average molecular weight is 170 g/mol. The summed E-state index contributed by atoms with van der Waals surface area (Å²) in [5, 5.41) is 3.60. The summed E-state index contributed by atoms with van der Waals surface area (Å²) in [6.07, 6.45) is 4.55. The van der Waals surface area contributed by atoms with Crippen molar-refractivity contribution in [1.82, 2.24) is 21.1 Å². The minimum Gasteiger partial charge on any atom is -0.299 e. The third-order valence-corrected chi connectivity index (χ3v) is 2.72. The van der Waals surface area contributed by atoms with Crippen LogP contribution in [0.15, 0.2) is 0 Å². The van der Waals surface area contributed by atoms with Gasteiger partial charge in [-0.25, -0.2) is 10.9 Å². The highest BCUT2D eigenvalue weighted by molar-refractivity contribution is 4.79. The SMILES string of the molecule is CC1CCCC(N2CNNC2)N1. The molecule has 0 aromatic rings. The Morgan fingerprint density at radius 1 is 1.17 bits per heavy atom. The molecule has 70 valence electrons. The van der Waals surface area contributed by atoms with Crippen LogP contribution in [0.1, 0.15) is 26.2 Å². The summed E-state index contributed by atoms with van der Waals surface area (Å²) in [5.41, 5.74) is 6.24. The van der Waals surface area contributed by atoms with Crippen molar-refractivity contribution >= 4 is 0 Å². The van der Waals surface area contributed by atoms with E-state index in [4.69, 9.17) is 0 Å². The van der Waals surface area contributed by atoms with Crippen molar-refractivity contribution in [3.05, 3.63) is 0 Å². The second-order valence-corrected chi connectivity index (χ2v) is 3.77. The number of hydrogen-bond donors (Lipinski definition) is 3. The molecular formula is C8H18N4. The van der Waals surface area contributed by atoms with Crippen LogP contribution in [-0.4, -0.2) is 30.4 Å². The molecule has 2 aliphatic rings. The summed E-state index contributed by atoms with van der Waals surface area (Å²) >= 11 is 0. The third-order valence-electron chi connectivity index (χ3n) is 2.72. The minimum atomic E-state index is 0.580. The van der Waals surface area contributed by atoms with E-state index in [9.17, 15) is 0 Å². The van der Waals surface area contributed by atoms with Gasteiger partial charge in [0.25, 0.3) is 0 Å². The molecule has 2 aliphatic heterocycles. The number of nitrogens with one attached hydrogen (secondary N) is 3. The lowest BCUT2D eigenvalue weighted by Crippen LogP contribution is -2.51. The van der Waals surface area contributed by atoms with E-state index < -0.39 is 0 Å². The summed E-state index contributed by atoms with van der Waals surface area (Å²) in [5.74, 6) is 0. The molecule has 0 spiro atoms. The van der Waals surface area contributed by atoms with Crippen molar-refractivity contribution in [1.29, 1.82) is 0 Å². The first-order chi connectivity index (χ1) is 5.86. The Balaban J connectivity index is 1.85. The Bertz CT molecular complexity index is 144. The average Bonchev–Trinajstić information content (AvgIpc) is 2.56. The lowest BCUT2D eigenvalue weighted by molar-refractivity contribution is 0.144. The summed E-state index contributed by atoms with van der Waals surface area (Å²) in [7, 11) is 0. The van der Waals surface area contributed by atoms with Gasteiger partial charge in [-0.15, -0.1) is 0 Å². The van der Waals surface area contributed by atoms with E-state index in [2.05, 4.69) is 28.0 Å². The van der Waals surface area contributed by atoms with E-state index in [1.54, 1.807) is 0 Å². The molecule has 0 aliphatic carbocycles. The molecule has 2 atom stereocenters. The van der Waals surface area contributed by atoms with E-state index in [0.717, 1.165) is 13.3 Å². The normalized spacial score (nSPS) is 38.8. The molecule has 2 heterocycles. The molecule has 12 heavy (non-hydrogen) atoms. The van der Waals surface area contributed by atoms with Crippen LogP contribution in [0.3, 0.4) is 0 Å². The molecule has 0 saturated carbocycles. The van der Waals surface area contributed by atoms with Gasteiger partial charge in [-0.3, -0.25) is 10.2 Å². The van der Waals surface area contributed by atoms with Gasteiger partial charge < -0.3 is 0 Å². The summed E-state index contributed by atoms with van der Waals surface area (Å²) < 4.78 is 0. The van der Waals surface area contributed by atoms with Gasteiger partial charge in [0.2, 0.25) is 0 Å². The van der Waals surface area contributed by atoms with E-state index in [-0.39, 0.29) is 0 Å². The van der Waals surface area contributed by atoms with Crippen LogP contribution in [0.5, 0.6) is 0 Å². The predicted molar refractivity (Wildman–Crippen MR) is 48.1 cm³/mol. The first-order valence-corrected chi connectivity index (χ1v) is 4.82. The first-order valence-electron chi connectivity index (χ1n) is 4.82. The highest BCUT2D eigenvalue weighted by Gasteiger charge is 2.25. The molecule has 0 bridgehead atoms. The minimum absolute atomic E-state index is 0.580. The Hall–Kier alpha value is -0.160. The molecule has 4 heteroatoms. The van der Waals surface area contributed by atoms with Crippen molar-refractivity contribution < 1.29 is 0 Å². The van der Waals surface area contributed by atoms with E-state index in [1.165, 1.54) is 19.3 Å². The molecule has 3 N–H and O–H groups in total. The van der Waals surface area contributed by atoms with E-state index >= 15 is 0 Å². The second kappa shape index (κ2) is 3.70. The fourth-order valence-electron chi connectivity index (χ4n) is 1.99. The molecule has 0 aromatic carbocycles. The lowest BCUT2D eigenvalue weighted by Gasteiger charge is -2.34. The highest BCUT2D eigenvalue weighted by atomic mass is 15.6. The molecule has 2 unspecified atom stereocenters. The Kier molecular flexibility index (Phi) is 2.60. The zero-order chi connectivity index (χ0) is 8.39. The van der Waals surface area contributed by atoms with Crippen molar-refractivity contribution in [2.24, 2.45) is 0 Å². The molecule has 0 aromatic heterocycles. The topological polar surface area (TPSA) is 39.3 Å². The maximum Gasteiger partial charge on any atom is 0.0641 e.